The van der Waals surface area contributed by atoms with Crippen molar-refractivity contribution in [2.24, 2.45) is 0 Å². The summed E-state index contributed by atoms with van der Waals surface area (Å²) in [4.78, 5) is 25.7. The van der Waals surface area contributed by atoms with Crippen LogP contribution >= 0.6 is 7.82 Å². The standard InChI is InChI=1S/C77H153N2O6P/c1-6-8-10-12-14-16-18-20-22-24-26-28-30-32-34-35-36-37-38-39-40-41-42-43-45-47-49-51-53-55-57-59-61-63-65-67-69-71-77(81)78-75(74-85-86(82,83)84-73-72-79(3,4)5)76(80)70-68-66-64-62-60-58-56-54-52-50-48-46-44-33-31-29-27-25-23-21-19-17-15-13-11-9-7-2/h60,62,68,70,75-76,80H,6-59,61,63-67,69,71-74H2,1-5H3,(H-,78,81,82,83)/b62-60+,70-68+. The smallest absolute Gasteiger partial charge is 0.268 e. The number of hydrogen-bond donors (Lipinski definition) is 2. The van der Waals surface area contributed by atoms with Crippen molar-refractivity contribution in [2.45, 2.75) is 424 Å². The average Bonchev–Trinajstić information content (AvgIpc) is 3.70. The first kappa shape index (κ1) is 85.0. The van der Waals surface area contributed by atoms with Crippen LogP contribution in [0, 0.1) is 0 Å². The molecular formula is C77H153N2O6P. The number of quaternary nitrogens is 1. The molecular weight excluding hydrogens is 1080 g/mol. The van der Waals surface area contributed by atoms with Crippen LogP contribution in [0.15, 0.2) is 24.3 Å². The summed E-state index contributed by atoms with van der Waals surface area (Å²) >= 11 is 0. The Labute approximate surface area is 538 Å². The lowest BCUT2D eigenvalue weighted by atomic mass is 10.0. The van der Waals surface area contributed by atoms with Crippen LogP contribution in [0.3, 0.4) is 0 Å². The fourth-order valence-corrected chi connectivity index (χ4v) is 12.9. The number of carbonyl (C=O) groups excluding carboxylic acids is 1. The molecule has 0 fully saturated rings. The van der Waals surface area contributed by atoms with Crippen LogP contribution in [0.5, 0.6) is 0 Å². The van der Waals surface area contributed by atoms with Crippen molar-refractivity contribution in [3.63, 3.8) is 0 Å². The van der Waals surface area contributed by atoms with Gasteiger partial charge in [0.15, 0.2) is 0 Å². The molecule has 0 aliphatic heterocycles. The van der Waals surface area contributed by atoms with Crippen LogP contribution in [-0.2, 0) is 18.4 Å². The fraction of sp³-hybridized carbons (Fsp3) is 0.935. The summed E-state index contributed by atoms with van der Waals surface area (Å²) in [5, 5.41) is 14.0. The molecule has 9 heteroatoms. The highest BCUT2D eigenvalue weighted by Gasteiger charge is 2.23. The summed E-state index contributed by atoms with van der Waals surface area (Å²) in [5.41, 5.74) is 0. The first-order chi connectivity index (χ1) is 42.0. The van der Waals surface area contributed by atoms with Crippen LogP contribution in [-0.4, -0.2) is 68.5 Å². The molecule has 0 radical (unpaired) electrons. The number of aliphatic hydroxyl groups is 1. The topological polar surface area (TPSA) is 108 Å². The third-order valence-corrected chi connectivity index (χ3v) is 19.1. The van der Waals surface area contributed by atoms with Gasteiger partial charge in [-0.05, 0) is 32.1 Å². The van der Waals surface area contributed by atoms with Crippen molar-refractivity contribution >= 4 is 13.7 Å². The molecule has 0 spiro atoms. The number of phosphoric acid groups is 1. The minimum Gasteiger partial charge on any atom is -0.756 e. The summed E-state index contributed by atoms with van der Waals surface area (Å²) in [7, 11) is 1.27. The summed E-state index contributed by atoms with van der Waals surface area (Å²) in [6, 6.07) is -0.902. The number of rotatable bonds is 73. The second kappa shape index (κ2) is 68.3. The van der Waals surface area contributed by atoms with Crippen molar-refractivity contribution in [1.82, 2.24) is 5.32 Å². The molecule has 3 atom stereocenters. The summed E-state index contributed by atoms with van der Waals surface area (Å²) in [5.74, 6) is -0.197. The van der Waals surface area contributed by atoms with E-state index in [-0.39, 0.29) is 19.1 Å². The van der Waals surface area contributed by atoms with Gasteiger partial charge in [-0.2, -0.15) is 0 Å². The zero-order valence-corrected chi connectivity index (χ0v) is 59.7. The van der Waals surface area contributed by atoms with E-state index in [0.29, 0.717) is 17.4 Å². The highest BCUT2D eigenvalue weighted by Crippen LogP contribution is 2.38. The molecule has 0 rings (SSSR count). The van der Waals surface area contributed by atoms with Crippen LogP contribution in [0.2, 0.25) is 0 Å². The van der Waals surface area contributed by atoms with E-state index in [1.54, 1.807) is 6.08 Å². The number of nitrogens with zero attached hydrogens (tertiary/aromatic N) is 1. The second-order valence-electron chi connectivity index (χ2n) is 28.1. The minimum absolute atomic E-state index is 0.00331. The molecule has 0 aliphatic rings. The summed E-state index contributed by atoms with van der Waals surface area (Å²) in [6.45, 7) is 4.70. The van der Waals surface area contributed by atoms with Gasteiger partial charge in [-0.1, -0.05) is 398 Å². The molecule has 0 aromatic heterocycles. The molecule has 0 heterocycles. The first-order valence-electron chi connectivity index (χ1n) is 38.7. The zero-order valence-electron chi connectivity index (χ0n) is 58.8. The Hall–Kier alpha value is -1.02. The molecule has 0 aromatic carbocycles. The second-order valence-corrected chi connectivity index (χ2v) is 29.5. The molecule has 0 aromatic rings. The average molecular weight is 1230 g/mol. The SMILES string of the molecule is CCCCCCCCCCCCCCCCCCCCCCC/C=C/CC/C=C/C(O)C(COP(=O)([O-])OCC[N+](C)(C)C)NC(=O)CCCCCCCCCCCCCCCCCCCCCCCCCCCCCCCCCCCCCCC. The maximum atomic E-state index is 13.1. The lowest BCUT2D eigenvalue weighted by Crippen LogP contribution is -2.45. The predicted molar refractivity (Wildman–Crippen MR) is 376 cm³/mol. The van der Waals surface area contributed by atoms with E-state index in [0.717, 1.165) is 38.5 Å². The lowest BCUT2D eigenvalue weighted by molar-refractivity contribution is -0.870. The number of amides is 1. The van der Waals surface area contributed by atoms with E-state index in [9.17, 15) is 19.4 Å². The van der Waals surface area contributed by atoms with Gasteiger partial charge in [-0.3, -0.25) is 9.36 Å². The number of allylic oxidation sites excluding steroid dienone is 3. The van der Waals surface area contributed by atoms with Gasteiger partial charge >= 0.3 is 0 Å². The number of unbranched alkanes of at least 4 members (excludes halogenated alkanes) is 58. The normalized spacial score (nSPS) is 13.6. The van der Waals surface area contributed by atoms with Crippen molar-refractivity contribution in [2.75, 3.05) is 40.9 Å². The van der Waals surface area contributed by atoms with Crippen molar-refractivity contribution in [3.05, 3.63) is 24.3 Å². The van der Waals surface area contributed by atoms with E-state index in [1.807, 2.05) is 27.2 Å². The molecule has 86 heavy (non-hydrogen) atoms. The molecule has 2 N–H and O–H groups in total. The molecule has 0 aliphatic carbocycles. The number of hydrogen-bond acceptors (Lipinski definition) is 6. The summed E-state index contributed by atoms with van der Waals surface area (Å²) in [6.07, 6.45) is 90.7. The molecule has 512 valence electrons. The van der Waals surface area contributed by atoms with Gasteiger partial charge in [-0.25, -0.2) is 0 Å². The zero-order chi connectivity index (χ0) is 62.6. The Morgan fingerprint density at radius 3 is 0.942 bits per heavy atom. The van der Waals surface area contributed by atoms with Crippen LogP contribution < -0.4 is 10.2 Å². The van der Waals surface area contributed by atoms with Gasteiger partial charge < -0.3 is 28.8 Å². The Morgan fingerprint density at radius 1 is 0.395 bits per heavy atom. The molecule has 3 unspecified atom stereocenters. The molecule has 1 amide bonds. The molecule has 0 saturated carbocycles. The number of carbonyl (C=O) groups is 1. The maximum absolute atomic E-state index is 13.1. The van der Waals surface area contributed by atoms with Crippen molar-refractivity contribution in [1.29, 1.82) is 0 Å². The Balaban J connectivity index is 3.96. The number of phosphoric ester groups is 1. The van der Waals surface area contributed by atoms with E-state index in [4.69, 9.17) is 9.05 Å². The van der Waals surface area contributed by atoms with Gasteiger partial charge in [0.2, 0.25) is 5.91 Å². The quantitative estimate of drug-likeness (QED) is 0.0272. The van der Waals surface area contributed by atoms with Crippen molar-refractivity contribution < 1.29 is 32.9 Å². The molecule has 0 saturated heterocycles. The van der Waals surface area contributed by atoms with Gasteiger partial charge in [-0.15, -0.1) is 0 Å². The third-order valence-electron chi connectivity index (χ3n) is 18.2. The Bertz CT molecular complexity index is 1450. The van der Waals surface area contributed by atoms with Gasteiger partial charge in [0.05, 0.1) is 39.9 Å². The van der Waals surface area contributed by atoms with E-state index in [1.165, 1.54) is 353 Å². The van der Waals surface area contributed by atoms with Crippen LogP contribution in [0.4, 0.5) is 0 Å². The van der Waals surface area contributed by atoms with Gasteiger partial charge in [0.25, 0.3) is 7.82 Å². The Morgan fingerprint density at radius 2 is 0.651 bits per heavy atom. The summed E-state index contributed by atoms with van der Waals surface area (Å²) < 4.78 is 23.5. The third kappa shape index (κ3) is 70.4. The highest BCUT2D eigenvalue weighted by molar-refractivity contribution is 7.45. The molecule has 8 nitrogen and oxygen atoms in total. The highest BCUT2D eigenvalue weighted by atomic mass is 31.2. The lowest BCUT2D eigenvalue weighted by Gasteiger charge is -2.29. The Kier molecular flexibility index (Phi) is 67.5. The van der Waals surface area contributed by atoms with E-state index >= 15 is 0 Å². The van der Waals surface area contributed by atoms with Crippen LogP contribution in [0.1, 0.15) is 412 Å². The number of nitrogens with one attached hydrogen (secondary N) is 1. The van der Waals surface area contributed by atoms with Crippen LogP contribution in [0.25, 0.3) is 0 Å². The van der Waals surface area contributed by atoms with Gasteiger partial charge in [0, 0.05) is 6.42 Å². The first-order valence-corrected chi connectivity index (χ1v) is 40.2. The predicted octanol–water partition coefficient (Wildman–Crippen LogP) is 24.4. The van der Waals surface area contributed by atoms with Crippen molar-refractivity contribution in [3.8, 4) is 0 Å². The van der Waals surface area contributed by atoms with E-state index < -0.39 is 20.0 Å². The monoisotopic (exact) mass is 1230 g/mol. The maximum Gasteiger partial charge on any atom is 0.268 e. The largest absolute Gasteiger partial charge is 0.756 e. The van der Waals surface area contributed by atoms with E-state index in [2.05, 4.69) is 31.3 Å². The molecule has 0 bridgehead atoms. The van der Waals surface area contributed by atoms with Gasteiger partial charge in [0.1, 0.15) is 13.2 Å². The number of aliphatic hydroxyl groups excluding tert-OH is 1. The fourth-order valence-electron chi connectivity index (χ4n) is 12.2. The minimum atomic E-state index is -4.61. The number of likely N-dealkylation sites (N-methyl/N-ethyl adjacent to an activating group) is 1.